The molecule has 1 aromatic rings. The second-order valence-electron chi connectivity index (χ2n) is 2.64. The molecular formula is C10H3F2N3. The third-order valence-electron chi connectivity index (χ3n) is 1.80. The largest absolute Gasteiger partial charge is 0.203 e. The summed E-state index contributed by atoms with van der Waals surface area (Å²) in [6.45, 7) is 0. The van der Waals surface area contributed by atoms with Gasteiger partial charge in [0.1, 0.15) is 6.07 Å². The molecule has 0 N–H and O–H groups in total. The second kappa shape index (κ2) is 4.17. The van der Waals surface area contributed by atoms with Gasteiger partial charge in [-0.15, -0.1) is 0 Å². The van der Waals surface area contributed by atoms with Gasteiger partial charge in [-0.2, -0.15) is 15.8 Å². The van der Waals surface area contributed by atoms with Gasteiger partial charge in [-0.25, -0.2) is 8.78 Å². The SMILES string of the molecule is N#CCc1c(C#N)cc(C#N)c(F)c1F. The molecule has 0 fully saturated rings. The molecular weight excluding hydrogens is 200 g/mol. The minimum atomic E-state index is -1.32. The fourth-order valence-electron chi connectivity index (χ4n) is 1.10. The number of rotatable bonds is 1. The highest BCUT2D eigenvalue weighted by Gasteiger charge is 2.17. The molecule has 3 nitrogen and oxygen atoms in total. The maximum absolute atomic E-state index is 13.3. The molecule has 0 aromatic heterocycles. The molecule has 0 unspecified atom stereocenters. The van der Waals surface area contributed by atoms with Gasteiger partial charge in [0.15, 0.2) is 11.6 Å². The van der Waals surface area contributed by atoms with Crippen molar-refractivity contribution in [3.05, 3.63) is 34.4 Å². The van der Waals surface area contributed by atoms with Crippen molar-refractivity contribution in [3.63, 3.8) is 0 Å². The van der Waals surface area contributed by atoms with Crippen LogP contribution in [-0.4, -0.2) is 0 Å². The molecule has 0 aliphatic rings. The Kier molecular flexibility index (Phi) is 2.96. The van der Waals surface area contributed by atoms with Gasteiger partial charge in [-0.1, -0.05) is 0 Å². The number of hydrogen-bond donors (Lipinski definition) is 0. The van der Waals surface area contributed by atoms with Crippen molar-refractivity contribution in [2.24, 2.45) is 0 Å². The van der Waals surface area contributed by atoms with E-state index in [1.54, 1.807) is 12.1 Å². The van der Waals surface area contributed by atoms with Crippen LogP contribution in [0.1, 0.15) is 16.7 Å². The lowest BCUT2D eigenvalue weighted by atomic mass is 10.0. The number of halogens is 2. The van der Waals surface area contributed by atoms with Crippen LogP contribution >= 0.6 is 0 Å². The molecule has 0 bridgehead atoms. The van der Waals surface area contributed by atoms with E-state index in [1.165, 1.54) is 6.07 Å². The summed E-state index contributed by atoms with van der Waals surface area (Å²) < 4.78 is 26.3. The first kappa shape index (κ1) is 10.6. The third kappa shape index (κ3) is 1.75. The van der Waals surface area contributed by atoms with Gasteiger partial charge >= 0.3 is 0 Å². The highest BCUT2D eigenvalue weighted by molar-refractivity contribution is 5.47. The Labute approximate surface area is 84.4 Å². The molecule has 5 heteroatoms. The zero-order chi connectivity index (χ0) is 11.4. The molecule has 0 saturated heterocycles. The van der Waals surface area contributed by atoms with E-state index in [-0.39, 0.29) is 11.1 Å². The van der Waals surface area contributed by atoms with Crippen molar-refractivity contribution in [1.82, 2.24) is 0 Å². The Morgan fingerprint density at radius 3 is 2.07 bits per heavy atom. The summed E-state index contributed by atoms with van der Waals surface area (Å²) >= 11 is 0. The predicted molar refractivity (Wildman–Crippen MR) is 45.1 cm³/mol. The summed E-state index contributed by atoms with van der Waals surface area (Å²) in [6, 6.07) is 5.60. The highest BCUT2D eigenvalue weighted by atomic mass is 19.2. The average molecular weight is 203 g/mol. The van der Waals surface area contributed by atoms with E-state index in [9.17, 15) is 8.78 Å². The number of benzene rings is 1. The molecule has 1 rings (SSSR count). The monoisotopic (exact) mass is 203 g/mol. The van der Waals surface area contributed by atoms with Crippen molar-refractivity contribution in [2.75, 3.05) is 0 Å². The lowest BCUT2D eigenvalue weighted by Gasteiger charge is -2.03. The Morgan fingerprint density at radius 1 is 1.00 bits per heavy atom. The van der Waals surface area contributed by atoms with Crippen LogP contribution in [0.3, 0.4) is 0 Å². The summed E-state index contributed by atoms with van der Waals surface area (Å²) in [7, 11) is 0. The maximum atomic E-state index is 13.3. The average Bonchev–Trinajstić information content (AvgIpc) is 2.25. The van der Waals surface area contributed by atoms with E-state index in [1.807, 2.05) is 0 Å². The summed E-state index contributed by atoms with van der Waals surface area (Å²) in [5.74, 6) is -2.62. The van der Waals surface area contributed by atoms with Crippen molar-refractivity contribution in [1.29, 1.82) is 15.8 Å². The minimum Gasteiger partial charge on any atom is -0.203 e. The first-order valence-corrected chi connectivity index (χ1v) is 3.83. The van der Waals surface area contributed by atoms with Crippen LogP contribution < -0.4 is 0 Å². The van der Waals surface area contributed by atoms with Gasteiger partial charge in [0.25, 0.3) is 0 Å². The van der Waals surface area contributed by atoms with Gasteiger partial charge in [0, 0.05) is 5.56 Å². The second-order valence-corrected chi connectivity index (χ2v) is 2.64. The number of nitriles is 3. The number of nitrogens with zero attached hydrogens (tertiary/aromatic N) is 3. The Balaban J connectivity index is 3.56. The van der Waals surface area contributed by atoms with Crippen LogP contribution in [-0.2, 0) is 6.42 Å². The fraction of sp³-hybridized carbons (Fsp3) is 0.100. The molecule has 0 atom stereocenters. The summed E-state index contributed by atoms with van der Waals surface area (Å²) in [5, 5.41) is 25.4. The fourth-order valence-corrected chi connectivity index (χ4v) is 1.10. The quantitative estimate of drug-likeness (QED) is 0.698. The normalized spacial score (nSPS) is 8.73. The molecule has 0 amide bonds. The summed E-state index contributed by atoms with van der Waals surface area (Å²) in [6.07, 6.45) is -0.405. The molecule has 1 aromatic carbocycles. The van der Waals surface area contributed by atoms with Crippen LogP contribution in [0, 0.1) is 45.6 Å². The molecule has 0 spiro atoms. The van der Waals surface area contributed by atoms with Crippen molar-refractivity contribution >= 4 is 0 Å². The smallest absolute Gasteiger partial charge is 0.176 e. The van der Waals surface area contributed by atoms with Gasteiger partial charge in [-0.3, -0.25) is 0 Å². The van der Waals surface area contributed by atoms with E-state index in [4.69, 9.17) is 15.8 Å². The van der Waals surface area contributed by atoms with Crippen molar-refractivity contribution in [2.45, 2.75) is 6.42 Å². The van der Waals surface area contributed by atoms with Gasteiger partial charge in [-0.05, 0) is 6.07 Å². The molecule has 0 aliphatic carbocycles. The molecule has 0 radical (unpaired) electrons. The van der Waals surface area contributed by atoms with Crippen LogP contribution in [0.25, 0.3) is 0 Å². The van der Waals surface area contributed by atoms with Crippen molar-refractivity contribution in [3.8, 4) is 18.2 Å². The molecule has 0 aliphatic heterocycles. The molecule has 0 saturated carbocycles. The van der Waals surface area contributed by atoms with E-state index < -0.39 is 23.6 Å². The lowest BCUT2D eigenvalue weighted by Crippen LogP contribution is -2.01. The summed E-state index contributed by atoms with van der Waals surface area (Å²) in [5.41, 5.74) is -1.03. The van der Waals surface area contributed by atoms with Gasteiger partial charge < -0.3 is 0 Å². The standard InChI is InChI=1S/C10H3F2N3/c11-9-7(5-15)3-6(4-14)8(1-2-13)10(9)12/h3H,1H2. The molecule has 0 heterocycles. The highest BCUT2D eigenvalue weighted by Crippen LogP contribution is 2.20. The van der Waals surface area contributed by atoms with Crippen LogP contribution in [0.15, 0.2) is 6.07 Å². The minimum absolute atomic E-state index is 0.188. The van der Waals surface area contributed by atoms with E-state index in [2.05, 4.69) is 0 Å². The van der Waals surface area contributed by atoms with Gasteiger partial charge in [0.2, 0.25) is 0 Å². The van der Waals surface area contributed by atoms with Crippen molar-refractivity contribution < 1.29 is 8.78 Å². The molecule has 15 heavy (non-hydrogen) atoms. The summed E-state index contributed by atoms with van der Waals surface area (Å²) in [4.78, 5) is 0. The zero-order valence-electron chi connectivity index (χ0n) is 7.38. The van der Waals surface area contributed by atoms with E-state index >= 15 is 0 Å². The van der Waals surface area contributed by atoms with Crippen LogP contribution in [0.2, 0.25) is 0 Å². The maximum Gasteiger partial charge on any atom is 0.176 e. The predicted octanol–water partition coefficient (Wildman–Crippen LogP) is 1.77. The Hall–Kier alpha value is -2.45. The van der Waals surface area contributed by atoms with E-state index in [0.717, 1.165) is 6.07 Å². The van der Waals surface area contributed by atoms with Gasteiger partial charge in [0.05, 0.1) is 29.7 Å². The first-order valence-electron chi connectivity index (χ1n) is 3.83. The Morgan fingerprint density at radius 2 is 1.60 bits per heavy atom. The zero-order valence-corrected chi connectivity index (χ0v) is 7.38. The topological polar surface area (TPSA) is 71.4 Å². The Bertz CT molecular complexity index is 530. The van der Waals surface area contributed by atoms with Crippen LogP contribution in [0.4, 0.5) is 8.78 Å². The van der Waals surface area contributed by atoms with Crippen LogP contribution in [0.5, 0.6) is 0 Å². The lowest BCUT2D eigenvalue weighted by molar-refractivity contribution is 0.498. The third-order valence-corrected chi connectivity index (χ3v) is 1.80. The first-order chi connectivity index (χ1) is 7.15. The molecule has 72 valence electrons. The van der Waals surface area contributed by atoms with E-state index in [0.29, 0.717) is 0 Å². The number of hydrogen-bond acceptors (Lipinski definition) is 3.